The molecule has 60 valence electrons. The molecule has 0 aromatic rings. The normalized spacial score (nSPS) is 34.6. The Morgan fingerprint density at radius 1 is 1.50 bits per heavy atom. The van der Waals surface area contributed by atoms with Crippen molar-refractivity contribution in [3.8, 4) is 0 Å². The zero-order valence-corrected chi connectivity index (χ0v) is 7.11. The fraction of sp³-hybridized carbons (Fsp3) is 1.00. The molecule has 1 saturated heterocycles. The number of hydrogen-bond acceptors (Lipinski definition) is 3. The van der Waals surface area contributed by atoms with Gasteiger partial charge in [0.2, 0.25) is 0 Å². The Kier molecular flexibility index (Phi) is 2.01. The van der Waals surface area contributed by atoms with Gasteiger partial charge >= 0.3 is 0 Å². The van der Waals surface area contributed by atoms with Gasteiger partial charge in [-0.05, 0) is 19.9 Å². The van der Waals surface area contributed by atoms with Gasteiger partial charge in [-0.2, -0.15) is 0 Å². The SMILES string of the molecule is CC1NCCC1S(C)(=O)=O. The van der Waals surface area contributed by atoms with E-state index in [4.69, 9.17) is 0 Å². The van der Waals surface area contributed by atoms with Crippen LogP contribution in [0.1, 0.15) is 13.3 Å². The average Bonchev–Trinajstić information content (AvgIpc) is 2.11. The van der Waals surface area contributed by atoms with Gasteiger partial charge in [-0.15, -0.1) is 0 Å². The summed E-state index contributed by atoms with van der Waals surface area (Å²) in [5.74, 6) is 0. The summed E-state index contributed by atoms with van der Waals surface area (Å²) in [6.45, 7) is 2.75. The minimum absolute atomic E-state index is 0.134. The van der Waals surface area contributed by atoms with Crippen LogP contribution in [0.4, 0.5) is 0 Å². The molecule has 1 fully saturated rings. The van der Waals surface area contributed by atoms with Gasteiger partial charge in [0.1, 0.15) is 0 Å². The van der Waals surface area contributed by atoms with Crippen molar-refractivity contribution in [3.63, 3.8) is 0 Å². The van der Waals surface area contributed by atoms with E-state index in [0.29, 0.717) is 0 Å². The minimum atomic E-state index is -2.81. The molecular weight excluding hydrogens is 150 g/mol. The third-order valence-electron chi connectivity index (χ3n) is 2.00. The molecule has 1 rings (SSSR count). The smallest absolute Gasteiger partial charge is 0.151 e. The molecule has 1 N–H and O–H groups in total. The highest BCUT2D eigenvalue weighted by Gasteiger charge is 2.30. The second-order valence-electron chi connectivity index (χ2n) is 2.90. The van der Waals surface area contributed by atoms with E-state index < -0.39 is 9.84 Å². The lowest BCUT2D eigenvalue weighted by molar-refractivity contribution is 0.571. The Hall–Kier alpha value is -0.0900. The Bertz CT molecular complexity index is 210. The highest BCUT2D eigenvalue weighted by atomic mass is 32.2. The first-order valence-electron chi connectivity index (χ1n) is 3.44. The molecule has 0 aliphatic carbocycles. The van der Waals surface area contributed by atoms with Crippen LogP contribution in [0.2, 0.25) is 0 Å². The van der Waals surface area contributed by atoms with E-state index in [1.165, 1.54) is 6.26 Å². The van der Waals surface area contributed by atoms with E-state index in [0.717, 1.165) is 13.0 Å². The fourth-order valence-corrected chi connectivity index (χ4v) is 2.80. The standard InChI is InChI=1S/C6H13NO2S/c1-5-6(3-4-7-5)10(2,8)9/h5-7H,3-4H2,1-2H3. The van der Waals surface area contributed by atoms with Crippen LogP contribution in [0.15, 0.2) is 0 Å². The summed E-state index contributed by atoms with van der Waals surface area (Å²) in [4.78, 5) is 0. The van der Waals surface area contributed by atoms with Crippen LogP contribution in [0, 0.1) is 0 Å². The molecule has 2 unspecified atom stereocenters. The largest absolute Gasteiger partial charge is 0.313 e. The first kappa shape index (κ1) is 8.01. The fourth-order valence-electron chi connectivity index (χ4n) is 1.42. The number of sulfone groups is 1. The summed E-state index contributed by atoms with van der Waals surface area (Å²) in [6, 6.07) is 0.134. The van der Waals surface area contributed by atoms with Gasteiger partial charge in [-0.3, -0.25) is 0 Å². The lowest BCUT2D eigenvalue weighted by atomic mass is 10.2. The molecule has 4 heteroatoms. The van der Waals surface area contributed by atoms with Crippen LogP contribution in [-0.4, -0.2) is 32.5 Å². The van der Waals surface area contributed by atoms with Gasteiger partial charge < -0.3 is 5.32 Å². The Labute approximate surface area is 61.7 Å². The molecule has 3 nitrogen and oxygen atoms in total. The summed E-state index contributed by atoms with van der Waals surface area (Å²) in [5, 5.41) is 2.94. The quantitative estimate of drug-likeness (QED) is 0.581. The van der Waals surface area contributed by atoms with E-state index >= 15 is 0 Å². The van der Waals surface area contributed by atoms with Crippen LogP contribution in [0.25, 0.3) is 0 Å². The maximum absolute atomic E-state index is 11.0. The second-order valence-corrected chi connectivity index (χ2v) is 5.16. The summed E-state index contributed by atoms with van der Waals surface area (Å²) in [6.07, 6.45) is 2.07. The highest BCUT2D eigenvalue weighted by Crippen LogP contribution is 2.14. The van der Waals surface area contributed by atoms with E-state index in [1.807, 2.05) is 6.92 Å². The highest BCUT2D eigenvalue weighted by molar-refractivity contribution is 7.91. The molecule has 10 heavy (non-hydrogen) atoms. The van der Waals surface area contributed by atoms with E-state index in [-0.39, 0.29) is 11.3 Å². The Morgan fingerprint density at radius 2 is 2.10 bits per heavy atom. The van der Waals surface area contributed by atoms with Crippen LogP contribution >= 0.6 is 0 Å². The van der Waals surface area contributed by atoms with Gasteiger partial charge in [0.15, 0.2) is 9.84 Å². The Balaban J connectivity index is 2.74. The maximum Gasteiger partial charge on any atom is 0.151 e. The van der Waals surface area contributed by atoms with Gasteiger partial charge in [0, 0.05) is 12.3 Å². The lowest BCUT2D eigenvalue weighted by Gasteiger charge is -2.11. The van der Waals surface area contributed by atoms with E-state index in [1.54, 1.807) is 0 Å². The number of hydrogen-bond donors (Lipinski definition) is 1. The summed E-state index contributed by atoms with van der Waals surface area (Å²) in [5.41, 5.74) is 0. The van der Waals surface area contributed by atoms with E-state index in [2.05, 4.69) is 5.32 Å². The van der Waals surface area contributed by atoms with Crippen molar-refractivity contribution >= 4 is 9.84 Å². The molecule has 0 spiro atoms. The molecule has 0 aromatic heterocycles. The minimum Gasteiger partial charge on any atom is -0.313 e. The van der Waals surface area contributed by atoms with Gasteiger partial charge in [-0.25, -0.2) is 8.42 Å². The van der Waals surface area contributed by atoms with Gasteiger partial charge in [0.05, 0.1) is 5.25 Å². The number of rotatable bonds is 1. The van der Waals surface area contributed by atoms with Crippen molar-refractivity contribution in [1.82, 2.24) is 5.32 Å². The molecule has 0 amide bonds. The number of nitrogens with one attached hydrogen (secondary N) is 1. The zero-order chi connectivity index (χ0) is 7.78. The average molecular weight is 163 g/mol. The van der Waals surface area contributed by atoms with Crippen molar-refractivity contribution in [3.05, 3.63) is 0 Å². The van der Waals surface area contributed by atoms with Crippen molar-refractivity contribution in [2.75, 3.05) is 12.8 Å². The molecule has 1 aliphatic heterocycles. The topological polar surface area (TPSA) is 46.2 Å². The zero-order valence-electron chi connectivity index (χ0n) is 6.29. The predicted molar refractivity (Wildman–Crippen MR) is 40.7 cm³/mol. The van der Waals surface area contributed by atoms with Crippen LogP contribution in [-0.2, 0) is 9.84 Å². The molecule has 1 heterocycles. The van der Waals surface area contributed by atoms with Gasteiger partial charge in [0.25, 0.3) is 0 Å². The van der Waals surface area contributed by atoms with Crippen LogP contribution < -0.4 is 5.32 Å². The van der Waals surface area contributed by atoms with Crippen molar-refractivity contribution in [1.29, 1.82) is 0 Å². The summed E-state index contributed by atoms with van der Waals surface area (Å²) < 4.78 is 22.0. The molecule has 2 atom stereocenters. The van der Waals surface area contributed by atoms with Gasteiger partial charge in [-0.1, -0.05) is 0 Å². The van der Waals surface area contributed by atoms with Crippen LogP contribution in [0.5, 0.6) is 0 Å². The summed E-state index contributed by atoms with van der Waals surface area (Å²) in [7, 11) is -2.81. The first-order valence-corrected chi connectivity index (χ1v) is 5.39. The Morgan fingerprint density at radius 3 is 2.30 bits per heavy atom. The maximum atomic E-state index is 11.0. The molecule has 0 saturated carbocycles. The lowest BCUT2D eigenvalue weighted by Crippen LogP contribution is -2.32. The summed E-state index contributed by atoms with van der Waals surface area (Å²) >= 11 is 0. The van der Waals surface area contributed by atoms with Crippen molar-refractivity contribution in [2.45, 2.75) is 24.6 Å². The second kappa shape index (κ2) is 2.51. The third-order valence-corrected chi connectivity index (χ3v) is 3.75. The molecule has 1 aliphatic rings. The molecule has 0 radical (unpaired) electrons. The molecule has 0 bridgehead atoms. The van der Waals surface area contributed by atoms with E-state index in [9.17, 15) is 8.42 Å². The van der Waals surface area contributed by atoms with Crippen LogP contribution in [0.3, 0.4) is 0 Å². The molecule has 0 aromatic carbocycles. The monoisotopic (exact) mass is 163 g/mol. The third kappa shape index (κ3) is 1.49. The predicted octanol–water partition coefficient (Wildman–Crippen LogP) is -0.219. The first-order chi connectivity index (χ1) is 4.52. The van der Waals surface area contributed by atoms with Crippen molar-refractivity contribution < 1.29 is 8.42 Å². The molecular formula is C6H13NO2S. The van der Waals surface area contributed by atoms with Crippen molar-refractivity contribution in [2.24, 2.45) is 0 Å².